The number of aromatic hydroxyl groups is 1. The average Bonchev–Trinajstić information content (AvgIpc) is 3.45. The molecule has 3 N–H and O–H groups in total. The maximum Gasteiger partial charge on any atom is 0.274 e. The van der Waals surface area contributed by atoms with Gasteiger partial charge >= 0.3 is 0 Å². The molecule has 9 nitrogen and oxygen atoms in total. The first-order valence-electron chi connectivity index (χ1n) is 11.0. The Bertz CT molecular complexity index is 1340. The van der Waals surface area contributed by atoms with Gasteiger partial charge in [0.05, 0.1) is 0 Å². The van der Waals surface area contributed by atoms with Crippen molar-refractivity contribution in [3.63, 3.8) is 0 Å². The second-order valence-corrected chi connectivity index (χ2v) is 8.47. The molecule has 3 aromatic rings. The summed E-state index contributed by atoms with van der Waals surface area (Å²) in [6.07, 6.45) is 3.93. The highest BCUT2D eigenvalue weighted by molar-refractivity contribution is 6.09. The molecule has 34 heavy (non-hydrogen) atoms. The first-order valence-corrected chi connectivity index (χ1v) is 11.0. The van der Waals surface area contributed by atoms with Gasteiger partial charge in [0.25, 0.3) is 11.8 Å². The molecule has 2 aliphatic rings. The zero-order valence-electron chi connectivity index (χ0n) is 18.3. The standard InChI is InChI=1S/C24H22FN5O4/c1-26-22(32)17-10-14(25)6-4-13(17)11-28-23(33)19-20(31)18-16(3-2-8-27-18)21(29-19)30-15-7-5-12(9-15)24(30)34/h2-4,6,8,10,12,15,31H,5,7,9,11H2,1H3,(H,26,32)(H,28,33). The van der Waals surface area contributed by atoms with Crippen LogP contribution in [0.5, 0.6) is 5.75 Å². The summed E-state index contributed by atoms with van der Waals surface area (Å²) in [5.74, 6) is -1.98. The van der Waals surface area contributed by atoms with E-state index in [2.05, 4.69) is 20.6 Å². The van der Waals surface area contributed by atoms with Crippen molar-refractivity contribution in [2.45, 2.75) is 31.8 Å². The molecule has 10 heteroatoms. The van der Waals surface area contributed by atoms with Crippen LogP contribution in [0.2, 0.25) is 0 Å². The minimum Gasteiger partial charge on any atom is -0.504 e. The smallest absolute Gasteiger partial charge is 0.274 e. The van der Waals surface area contributed by atoms with Crippen LogP contribution in [0, 0.1) is 11.7 Å². The van der Waals surface area contributed by atoms with E-state index in [4.69, 9.17) is 0 Å². The number of nitrogens with one attached hydrogen (secondary N) is 2. The fourth-order valence-electron chi connectivity index (χ4n) is 4.83. The van der Waals surface area contributed by atoms with Gasteiger partial charge in [-0.15, -0.1) is 0 Å². The average molecular weight is 463 g/mol. The maximum atomic E-state index is 13.6. The van der Waals surface area contributed by atoms with Crippen molar-refractivity contribution >= 4 is 34.4 Å². The Morgan fingerprint density at radius 1 is 1.24 bits per heavy atom. The zero-order valence-corrected chi connectivity index (χ0v) is 18.3. The van der Waals surface area contributed by atoms with Gasteiger partial charge in [-0.05, 0) is 49.1 Å². The molecule has 1 aliphatic heterocycles. The molecule has 2 aromatic heterocycles. The predicted molar refractivity (Wildman–Crippen MR) is 121 cm³/mol. The van der Waals surface area contributed by atoms with Crippen molar-refractivity contribution in [1.29, 1.82) is 0 Å². The molecule has 2 fully saturated rings. The topological polar surface area (TPSA) is 125 Å². The summed E-state index contributed by atoms with van der Waals surface area (Å²) in [5, 5.41) is 16.3. The van der Waals surface area contributed by atoms with Crippen LogP contribution in [0.25, 0.3) is 10.9 Å². The summed E-state index contributed by atoms with van der Waals surface area (Å²) < 4.78 is 13.6. The van der Waals surface area contributed by atoms with E-state index in [1.54, 1.807) is 17.0 Å². The largest absolute Gasteiger partial charge is 0.504 e. The number of hydrogen-bond acceptors (Lipinski definition) is 6. The summed E-state index contributed by atoms with van der Waals surface area (Å²) >= 11 is 0. The van der Waals surface area contributed by atoms with Gasteiger partial charge in [0.2, 0.25) is 5.91 Å². The summed E-state index contributed by atoms with van der Waals surface area (Å²) in [7, 11) is 1.42. The fraction of sp³-hybridized carbons (Fsp3) is 0.292. The van der Waals surface area contributed by atoms with Crippen LogP contribution in [0.15, 0.2) is 36.5 Å². The lowest BCUT2D eigenvalue weighted by Gasteiger charge is -2.27. The molecule has 2 atom stereocenters. The molecule has 2 unspecified atom stereocenters. The van der Waals surface area contributed by atoms with Crippen LogP contribution >= 0.6 is 0 Å². The van der Waals surface area contributed by atoms with Crippen molar-refractivity contribution in [2.75, 3.05) is 11.9 Å². The normalized spacial score (nSPS) is 19.0. The zero-order chi connectivity index (χ0) is 24.0. The molecule has 1 aliphatic carbocycles. The molecule has 3 heterocycles. The van der Waals surface area contributed by atoms with Crippen LogP contribution in [0.1, 0.15) is 45.7 Å². The molecular weight excluding hydrogens is 441 g/mol. The number of carbonyl (C=O) groups is 3. The van der Waals surface area contributed by atoms with E-state index >= 15 is 0 Å². The second kappa shape index (κ2) is 8.36. The number of pyridine rings is 2. The van der Waals surface area contributed by atoms with Crippen LogP contribution in [-0.4, -0.2) is 45.9 Å². The third-order valence-corrected chi connectivity index (χ3v) is 6.50. The molecular formula is C24H22FN5O4. The number of nitrogens with zero attached hydrogens (tertiary/aromatic N) is 3. The van der Waals surface area contributed by atoms with Crippen LogP contribution in [0.3, 0.4) is 0 Å². The highest BCUT2D eigenvalue weighted by Gasteiger charge is 2.46. The number of anilines is 1. The second-order valence-electron chi connectivity index (χ2n) is 8.47. The highest BCUT2D eigenvalue weighted by atomic mass is 19.1. The highest BCUT2D eigenvalue weighted by Crippen LogP contribution is 2.43. The fourth-order valence-corrected chi connectivity index (χ4v) is 4.83. The molecule has 0 spiro atoms. The Hall–Kier alpha value is -4.08. The quantitative estimate of drug-likeness (QED) is 0.533. The van der Waals surface area contributed by atoms with Gasteiger partial charge in [-0.2, -0.15) is 0 Å². The minimum absolute atomic E-state index is 0.00295. The molecule has 1 saturated carbocycles. The van der Waals surface area contributed by atoms with Gasteiger partial charge in [0, 0.05) is 42.7 Å². The predicted octanol–water partition coefficient (Wildman–Crippen LogP) is 2.28. The maximum absolute atomic E-state index is 13.6. The first kappa shape index (κ1) is 21.7. The SMILES string of the molecule is CNC(=O)c1cc(F)ccc1CNC(=O)c1nc(N2C(=O)C3CCC2C3)c2cccnc2c1O. The monoisotopic (exact) mass is 463 g/mol. The van der Waals surface area contributed by atoms with Gasteiger partial charge in [-0.3, -0.25) is 24.3 Å². The van der Waals surface area contributed by atoms with Crippen LogP contribution < -0.4 is 15.5 Å². The van der Waals surface area contributed by atoms with E-state index in [0.717, 1.165) is 25.3 Å². The Labute approximate surface area is 194 Å². The molecule has 0 radical (unpaired) electrons. The van der Waals surface area contributed by atoms with E-state index in [1.807, 2.05) is 0 Å². The summed E-state index contributed by atoms with van der Waals surface area (Å²) in [5.41, 5.74) is 0.362. The lowest BCUT2D eigenvalue weighted by Crippen LogP contribution is -2.38. The van der Waals surface area contributed by atoms with E-state index in [9.17, 15) is 23.9 Å². The van der Waals surface area contributed by atoms with Crippen molar-refractivity contribution in [1.82, 2.24) is 20.6 Å². The van der Waals surface area contributed by atoms with E-state index in [-0.39, 0.29) is 41.2 Å². The van der Waals surface area contributed by atoms with E-state index < -0.39 is 23.4 Å². The Balaban J connectivity index is 1.50. The van der Waals surface area contributed by atoms with Gasteiger partial charge in [-0.25, -0.2) is 9.37 Å². The molecule has 1 saturated heterocycles. The van der Waals surface area contributed by atoms with Gasteiger partial charge < -0.3 is 15.7 Å². The van der Waals surface area contributed by atoms with Gasteiger partial charge in [-0.1, -0.05) is 6.07 Å². The number of halogens is 1. The summed E-state index contributed by atoms with van der Waals surface area (Å²) in [6, 6.07) is 7.07. The number of benzene rings is 1. The number of carbonyl (C=O) groups excluding carboxylic acids is 3. The van der Waals surface area contributed by atoms with Crippen molar-refractivity contribution in [3.8, 4) is 5.75 Å². The van der Waals surface area contributed by atoms with Crippen LogP contribution in [-0.2, 0) is 11.3 Å². The Morgan fingerprint density at radius 3 is 2.79 bits per heavy atom. The van der Waals surface area contributed by atoms with Gasteiger partial charge in [0.15, 0.2) is 11.4 Å². The summed E-state index contributed by atoms with van der Waals surface area (Å²) in [4.78, 5) is 48.3. The van der Waals surface area contributed by atoms with E-state index in [1.165, 1.54) is 25.4 Å². The molecule has 2 bridgehead atoms. The van der Waals surface area contributed by atoms with Crippen LogP contribution in [0.4, 0.5) is 10.2 Å². The first-order chi connectivity index (χ1) is 16.4. The third-order valence-electron chi connectivity index (χ3n) is 6.50. The van der Waals surface area contributed by atoms with Crippen molar-refractivity contribution < 1.29 is 23.9 Å². The number of piperidine rings is 1. The molecule has 5 rings (SSSR count). The molecule has 174 valence electrons. The van der Waals surface area contributed by atoms with E-state index in [0.29, 0.717) is 16.8 Å². The number of hydrogen-bond donors (Lipinski definition) is 3. The lowest BCUT2D eigenvalue weighted by molar-refractivity contribution is -0.121. The number of amides is 3. The lowest BCUT2D eigenvalue weighted by atomic mass is 10.1. The van der Waals surface area contributed by atoms with Gasteiger partial charge in [0.1, 0.15) is 17.2 Å². The molecule has 1 aromatic carbocycles. The van der Waals surface area contributed by atoms with Crippen molar-refractivity contribution in [2.24, 2.45) is 5.92 Å². The summed E-state index contributed by atoms with van der Waals surface area (Å²) in [6.45, 7) is -0.105. The third kappa shape index (κ3) is 3.51. The Morgan fingerprint density at radius 2 is 2.06 bits per heavy atom. The van der Waals surface area contributed by atoms with Crippen molar-refractivity contribution in [3.05, 3.63) is 59.2 Å². The Kier molecular flexibility index (Phi) is 5.35. The minimum atomic E-state index is -0.713. The molecule has 3 amide bonds. The number of aromatic nitrogens is 2. The number of fused-ring (bicyclic) bond motifs is 3. The number of rotatable bonds is 5.